The Morgan fingerprint density at radius 1 is 0.943 bits per heavy atom. The molecule has 3 aromatic carbocycles. The molecule has 35 heavy (non-hydrogen) atoms. The Balaban J connectivity index is 1.47. The van der Waals surface area contributed by atoms with Gasteiger partial charge in [-0.15, -0.1) is 0 Å². The van der Waals surface area contributed by atoms with Gasteiger partial charge in [0.05, 0.1) is 4.90 Å². The Labute approximate surface area is 206 Å². The van der Waals surface area contributed by atoms with E-state index >= 15 is 0 Å². The number of sulfonamides is 1. The fraction of sp³-hybridized carbons (Fsp3) is 0.259. The number of carbonyl (C=O) groups excluding carboxylic acids is 2. The molecule has 4 rings (SSSR count). The van der Waals surface area contributed by atoms with E-state index in [-0.39, 0.29) is 16.7 Å². The van der Waals surface area contributed by atoms with Crippen LogP contribution in [0.4, 0.5) is 5.69 Å². The van der Waals surface area contributed by atoms with Gasteiger partial charge in [-0.25, -0.2) is 8.42 Å². The maximum absolute atomic E-state index is 13.2. The summed E-state index contributed by atoms with van der Waals surface area (Å²) in [5, 5.41) is 2.95. The van der Waals surface area contributed by atoms with Gasteiger partial charge in [-0.2, -0.15) is 0 Å². The lowest BCUT2D eigenvalue weighted by Crippen LogP contribution is -2.27. The summed E-state index contributed by atoms with van der Waals surface area (Å²) < 4.78 is 28.4. The number of hydrogen-bond donors (Lipinski definition) is 2. The normalized spacial score (nSPS) is 13.2. The highest BCUT2D eigenvalue weighted by Crippen LogP contribution is 2.22. The number of aryl methyl sites for hydroxylation is 2. The van der Waals surface area contributed by atoms with E-state index in [0.29, 0.717) is 35.0 Å². The Morgan fingerprint density at radius 3 is 2.23 bits per heavy atom. The summed E-state index contributed by atoms with van der Waals surface area (Å²) in [6.45, 7) is 4.02. The van der Waals surface area contributed by atoms with Gasteiger partial charge in [0.25, 0.3) is 21.8 Å². The van der Waals surface area contributed by atoms with E-state index in [2.05, 4.69) is 10.0 Å². The fourth-order valence-corrected chi connectivity index (χ4v) is 4.73. The number of rotatable bonds is 8. The SMILES string of the molecule is Cc1ccc(NS(=O)(=O)c2ccc(C)c(C(=O)N(C)Cc3ccc(C(=O)NC4CC4)cc3)c2)cc1. The third kappa shape index (κ3) is 6.08. The molecule has 0 atom stereocenters. The molecule has 1 aliphatic rings. The summed E-state index contributed by atoms with van der Waals surface area (Å²) in [6.07, 6.45) is 2.06. The largest absolute Gasteiger partial charge is 0.349 e. The van der Waals surface area contributed by atoms with E-state index in [1.165, 1.54) is 17.0 Å². The molecular formula is C27H29N3O4S. The topological polar surface area (TPSA) is 95.6 Å². The number of anilines is 1. The standard InChI is InChI=1S/C27H29N3O4S/c1-18-4-11-23(12-5-18)29-35(33,34)24-15-6-19(2)25(16-24)27(32)30(3)17-20-7-9-21(10-8-20)26(31)28-22-13-14-22/h4-12,15-16,22,29H,13-14,17H2,1-3H3,(H,28,31). The maximum atomic E-state index is 13.2. The van der Waals surface area contributed by atoms with Crippen LogP contribution >= 0.6 is 0 Å². The Morgan fingerprint density at radius 2 is 1.60 bits per heavy atom. The van der Waals surface area contributed by atoms with Crippen molar-refractivity contribution in [3.8, 4) is 0 Å². The van der Waals surface area contributed by atoms with Gasteiger partial charge in [0.2, 0.25) is 0 Å². The summed E-state index contributed by atoms with van der Waals surface area (Å²) >= 11 is 0. The molecule has 182 valence electrons. The third-order valence-electron chi connectivity index (χ3n) is 5.95. The molecule has 3 aromatic rings. The second-order valence-corrected chi connectivity index (χ2v) is 10.7. The minimum Gasteiger partial charge on any atom is -0.349 e. The van der Waals surface area contributed by atoms with Crippen LogP contribution < -0.4 is 10.0 Å². The van der Waals surface area contributed by atoms with Crippen molar-refractivity contribution in [1.29, 1.82) is 0 Å². The number of hydrogen-bond acceptors (Lipinski definition) is 4. The van der Waals surface area contributed by atoms with Crippen LogP contribution in [0, 0.1) is 13.8 Å². The minimum absolute atomic E-state index is 0.0199. The highest BCUT2D eigenvalue weighted by Gasteiger charge is 2.24. The van der Waals surface area contributed by atoms with E-state index in [1.54, 1.807) is 44.3 Å². The number of carbonyl (C=O) groups is 2. The van der Waals surface area contributed by atoms with Crippen LogP contribution in [0.5, 0.6) is 0 Å². The van der Waals surface area contributed by atoms with Crippen LogP contribution in [-0.4, -0.2) is 38.2 Å². The van der Waals surface area contributed by atoms with Crippen LogP contribution in [0.1, 0.15) is 50.2 Å². The first kappa shape index (κ1) is 24.5. The van der Waals surface area contributed by atoms with Crippen LogP contribution in [0.15, 0.2) is 71.6 Å². The van der Waals surface area contributed by atoms with Gasteiger partial charge in [-0.1, -0.05) is 35.9 Å². The average Bonchev–Trinajstić information content (AvgIpc) is 3.64. The molecule has 0 radical (unpaired) electrons. The molecule has 0 spiro atoms. The lowest BCUT2D eigenvalue weighted by molar-refractivity contribution is 0.0783. The fourth-order valence-electron chi connectivity index (χ4n) is 3.64. The molecule has 8 heteroatoms. The molecule has 0 unspecified atom stereocenters. The second kappa shape index (κ2) is 9.92. The molecular weight excluding hydrogens is 462 g/mol. The molecule has 0 heterocycles. The van der Waals surface area contributed by atoms with E-state index in [9.17, 15) is 18.0 Å². The highest BCUT2D eigenvalue weighted by molar-refractivity contribution is 7.92. The molecule has 0 aromatic heterocycles. The smallest absolute Gasteiger partial charge is 0.261 e. The monoisotopic (exact) mass is 491 g/mol. The number of nitrogens with one attached hydrogen (secondary N) is 2. The number of amides is 2. The van der Waals surface area contributed by atoms with Gasteiger partial charge in [-0.05, 0) is 74.2 Å². The molecule has 2 amide bonds. The van der Waals surface area contributed by atoms with E-state index in [4.69, 9.17) is 0 Å². The predicted molar refractivity (Wildman–Crippen MR) is 136 cm³/mol. The Kier molecular flexibility index (Phi) is 6.93. The summed E-state index contributed by atoms with van der Waals surface area (Å²) in [7, 11) is -2.19. The van der Waals surface area contributed by atoms with Crippen LogP contribution in [0.3, 0.4) is 0 Å². The van der Waals surface area contributed by atoms with Crippen molar-refractivity contribution >= 4 is 27.5 Å². The van der Waals surface area contributed by atoms with Crippen molar-refractivity contribution < 1.29 is 18.0 Å². The molecule has 0 saturated heterocycles. The van der Waals surface area contributed by atoms with Crippen molar-refractivity contribution in [2.75, 3.05) is 11.8 Å². The van der Waals surface area contributed by atoms with Crippen molar-refractivity contribution in [2.45, 2.75) is 44.2 Å². The van der Waals surface area contributed by atoms with Gasteiger partial charge in [-0.3, -0.25) is 14.3 Å². The lowest BCUT2D eigenvalue weighted by atomic mass is 10.1. The van der Waals surface area contributed by atoms with Crippen LogP contribution in [0.2, 0.25) is 0 Å². The van der Waals surface area contributed by atoms with Gasteiger partial charge in [0.15, 0.2) is 0 Å². The zero-order valence-electron chi connectivity index (χ0n) is 20.0. The Bertz CT molecular complexity index is 1350. The Hall–Kier alpha value is -3.65. The van der Waals surface area contributed by atoms with E-state index < -0.39 is 10.0 Å². The van der Waals surface area contributed by atoms with Crippen molar-refractivity contribution in [3.05, 3.63) is 94.5 Å². The van der Waals surface area contributed by atoms with Crippen LogP contribution in [-0.2, 0) is 16.6 Å². The molecule has 7 nitrogen and oxygen atoms in total. The zero-order chi connectivity index (χ0) is 25.2. The third-order valence-corrected chi connectivity index (χ3v) is 7.33. The molecule has 2 N–H and O–H groups in total. The minimum atomic E-state index is -3.86. The van der Waals surface area contributed by atoms with Gasteiger partial charge in [0, 0.05) is 36.4 Å². The van der Waals surface area contributed by atoms with E-state index in [0.717, 1.165) is 24.0 Å². The zero-order valence-corrected chi connectivity index (χ0v) is 20.9. The summed E-state index contributed by atoms with van der Waals surface area (Å²) in [5.74, 6) is -0.373. The first-order valence-corrected chi connectivity index (χ1v) is 13.0. The van der Waals surface area contributed by atoms with Crippen molar-refractivity contribution in [2.24, 2.45) is 0 Å². The lowest BCUT2D eigenvalue weighted by Gasteiger charge is -2.19. The van der Waals surface area contributed by atoms with Crippen LogP contribution in [0.25, 0.3) is 0 Å². The van der Waals surface area contributed by atoms with Gasteiger partial charge < -0.3 is 10.2 Å². The summed E-state index contributed by atoms with van der Waals surface area (Å²) in [5.41, 5.74) is 3.93. The molecule has 0 aliphatic heterocycles. The van der Waals surface area contributed by atoms with Gasteiger partial charge in [0.1, 0.15) is 0 Å². The van der Waals surface area contributed by atoms with Gasteiger partial charge >= 0.3 is 0 Å². The van der Waals surface area contributed by atoms with E-state index in [1.807, 2.05) is 31.2 Å². The van der Waals surface area contributed by atoms with Crippen molar-refractivity contribution in [3.63, 3.8) is 0 Å². The molecule has 1 aliphatic carbocycles. The quantitative estimate of drug-likeness (QED) is 0.492. The predicted octanol–water partition coefficient (Wildman–Crippen LogP) is 4.27. The first-order chi connectivity index (χ1) is 16.6. The average molecular weight is 492 g/mol. The molecule has 1 saturated carbocycles. The molecule has 0 bridgehead atoms. The maximum Gasteiger partial charge on any atom is 0.261 e. The second-order valence-electron chi connectivity index (χ2n) is 9.05. The summed E-state index contributed by atoms with van der Waals surface area (Å²) in [4.78, 5) is 26.9. The molecule has 1 fully saturated rings. The highest BCUT2D eigenvalue weighted by atomic mass is 32.2. The number of benzene rings is 3. The number of nitrogens with zero attached hydrogens (tertiary/aromatic N) is 1. The first-order valence-electron chi connectivity index (χ1n) is 11.5. The summed E-state index contributed by atoms with van der Waals surface area (Å²) in [6, 6.07) is 19.0. The van der Waals surface area contributed by atoms with Crippen molar-refractivity contribution in [1.82, 2.24) is 10.2 Å².